The zero-order valence-electron chi connectivity index (χ0n) is 11.3. The van der Waals surface area contributed by atoms with E-state index >= 15 is 0 Å². The highest BCUT2D eigenvalue weighted by molar-refractivity contribution is 6.03. The summed E-state index contributed by atoms with van der Waals surface area (Å²) in [5, 5.41) is 9.79. The molecule has 3 nitrogen and oxygen atoms in total. The van der Waals surface area contributed by atoms with Crippen molar-refractivity contribution in [2.45, 2.75) is 40.2 Å². The molecule has 0 fully saturated rings. The van der Waals surface area contributed by atoms with E-state index in [-0.39, 0.29) is 5.78 Å². The maximum absolute atomic E-state index is 12.1. The van der Waals surface area contributed by atoms with E-state index in [2.05, 4.69) is 0 Å². The van der Waals surface area contributed by atoms with Gasteiger partial charge in [0.25, 0.3) is 0 Å². The van der Waals surface area contributed by atoms with Crippen molar-refractivity contribution in [1.82, 2.24) is 0 Å². The minimum Gasteiger partial charge on any atom is -0.496 e. The molecule has 0 aliphatic heterocycles. The van der Waals surface area contributed by atoms with Crippen LogP contribution in [0.15, 0.2) is 6.07 Å². The number of hydrogen-bond donors (Lipinski definition) is 1. The summed E-state index contributed by atoms with van der Waals surface area (Å²) in [6, 6.07) is 1.78. The summed E-state index contributed by atoms with van der Waals surface area (Å²) >= 11 is 0. The van der Waals surface area contributed by atoms with Gasteiger partial charge in [0.1, 0.15) is 11.4 Å². The molecule has 0 aliphatic carbocycles. The molecule has 0 saturated heterocycles. The number of methoxy groups -OCH3 is 1. The Balaban J connectivity index is 3.44. The first-order chi connectivity index (χ1) is 7.70. The third-order valence-corrected chi connectivity index (χ3v) is 3.03. The number of aryl methyl sites for hydroxylation is 1. The number of ether oxygens (including phenoxy) is 1. The molecular weight excluding hydrogens is 216 g/mol. The van der Waals surface area contributed by atoms with Crippen LogP contribution in [0.5, 0.6) is 5.75 Å². The van der Waals surface area contributed by atoms with Gasteiger partial charge >= 0.3 is 0 Å². The van der Waals surface area contributed by atoms with Gasteiger partial charge in [-0.05, 0) is 57.4 Å². The lowest BCUT2D eigenvalue weighted by Gasteiger charge is -2.20. The molecule has 0 spiro atoms. The molecule has 1 aromatic rings. The Hall–Kier alpha value is -1.35. The van der Waals surface area contributed by atoms with Crippen molar-refractivity contribution in [3.63, 3.8) is 0 Å². The maximum Gasteiger partial charge on any atom is 0.194 e. The lowest BCUT2D eigenvalue weighted by Crippen LogP contribution is -2.31. The quantitative estimate of drug-likeness (QED) is 0.820. The number of Topliss-reactive ketones (excluding diaryl/α,β-unsaturated/α-hetero) is 1. The zero-order valence-corrected chi connectivity index (χ0v) is 11.3. The smallest absolute Gasteiger partial charge is 0.194 e. The van der Waals surface area contributed by atoms with E-state index in [1.165, 1.54) is 13.8 Å². The molecule has 0 bridgehead atoms. The number of carbonyl (C=O) groups excluding carboxylic acids is 1. The maximum atomic E-state index is 12.1. The number of benzene rings is 1. The number of hydrogen-bond acceptors (Lipinski definition) is 3. The number of ketones is 1. The van der Waals surface area contributed by atoms with Crippen molar-refractivity contribution < 1.29 is 14.6 Å². The Morgan fingerprint density at radius 3 is 2.18 bits per heavy atom. The third-order valence-electron chi connectivity index (χ3n) is 3.03. The van der Waals surface area contributed by atoms with E-state index < -0.39 is 5.60 Å². The average Bonchev–Trinajstić information content (AvgIpc) is 2.22. The van der Waals surface area contributed by atoms with Gasteiger partial charge in [0.15, 0.2) is 5.78 Å². The van der Waals surface area contributed by atoms with E-state index in [1.807, 2.05) is 20.8 Å². The molecule has 0 heterocycles. The standard InChI is InChI=1S/C14H20O3/c1-8-7-11(13(15)14(4,5)16)9(2)10(3)12(8)17-6/h7,16H,1-6H3. The van der Waals surface area contributed by atoms with Crippen LogP contribution in [0.1, 0.15) is 40.9 Å². The minimum atomic E-state index is -1.35. The van der Waals surface area contributed by atoms with Gasteiger partial charge in [0, 0.05) is 5.56 Å². The molecule has 94 valence electrons. The van der Waals surface area contributed by atoms with E-state index in [4.69, 9.17) is 4.74 Å². The van der Waals surface area contributed by atoms with Gasteiger partial charge in [-0.15, -0.1) is 0 Å². The predicted molar refractivity (Wildman–Crippen MR) is 67.8 cm³/mol. The third kappa shape index (κ3) is 2.50. The van der Waals surface area contributed by atoms with E-state index in [1.54, 1.807) is 13.2 Å². The van der Waals surface area contributed by atoms with Crippen LogP contribution in [0.3, 0.4) is 0 Å². The summed E-state index contributed by atoms with van der Waals surface area (Å²) in [6.45, 7) is 8.69. The van der Waals surface area contributed by atoms with Gasteiger partial charge in [-0.25, -0.2) is 0 Å². The summed E-state index contributed by atoms with van der Waals surface area (Å²) in [4.78, 5) is 12.1. The molecule has 0 radical (unpaired) electrons. The first kappa shape index (κ1) is 13.7. The van der Waals surface area contributed by atoms with Crippen LogP contribution in [0, 0.1) is 20.8 Å². The number of rotatable bonds is 3. The molecule has 1 rings (SSSR count). The van der Waals surface area contributed by atoms with Crippen molar-refractivity contribution in [3.05, 3.63) is 28.3 Å². The van der Waals surface area contributed by atoms with Crippen molar-refractivity contribution in [3.8, 4) is 5.75 Å². The Kier molecular flexibility index (Phi) is 3.62. The summed E-state index contributed by atoms with van der Waals surface area (Å²) in [6.07, 6.45) is 0. The molecule has 0 saturated carbocycles. The van der Waals surface area contributed by atoms with Crippen LogP contribution in [0.25, 0.3) is 0 Å². The molecule has 1 N–H and O–H groups in total. The van der Waals surface area contributed by atoms with Gasteiger partial charge in [-0.3, -0.25) is 4.79 Å². The molecular formula is C14H20O3. The highest BCUT2D eigenvalue weighted by Gasteiger charge is 2.28. The number of aliphatic hydroxyl groups is 1. The van der Waals surface area contributed by atoms with Gasteiger partial charge in [0.05, 0.1) is 7.11 Å². The Morgan fingerprint density at radius 2 is 1.76 bits per heavy atom. The number of carbonyl (C=O) groups is 1. The summed E-state index contributed by atoms with van der Waals surface area (Å²) in [5.74, 6) is 0.540. The average molecular weight is 236 g/mol. The van der Waals surface area contributed by atoms with Gasteiger partial charge in [-0.2, -0.15) is 0 Å². The van der Waals surface area contributed by atoms with Crippen LogP contribution in [-0.4, -0.2) is 23.6 Å². The van der Waals surface area contributed by atoms with Crippen molar-refractivity contribution >= 4 is 5.78 Å². The largest absolute Gasteiger partial charge is 0.496 e. The second-order valence-electron chi connectivity index (χ2n) is 4.91. The van der Waals surface area contributed by atoms with Crippen molar-refractivity contribution in [2.24, 2.45) is 0 Å². The fourth-order valence-corrected chi connectivity index (χ4v) is 1.94. The van der Waals surface area contributed by atoms with Crippen molar-refractivity contribution in [2.75, 3.05) is 7.11 Å². The molecule has 0 unspecified atom stereocenters. The SMILES string of the molecule is COc1c(C)cc(C(=O)C(C)(C)O)c(C)c1C. The molecule has 0 aliphatic rings. The lowest BCUT2D eigenvalue weighted by molar-refractivity contribution is 0.0487. The second kappa shape index (κ2) is 4.49. The zero-order chi connectivity index (χ0) is 13.4. The molecule has 1 aromatic carbocycles. The molecule has 0 atom stereocenters. The molecule has 3 heteroatoms. The topological polar surface area (TPSA) is 46.5 Å². The normalized spacial score (nSPS) is 11.5. The minimum absolute atomic E-state index is 0.260. The first-order valence-corrected chi connectivity index (χ1v) is 5.62. The second-order valence-corrected chi connectivity index (χ2v) is 4.91. The van der Waals surface area contributed by atoms with Crippen LogP contribution in [-0.2, 0) is 0 Å². The molecule has 17 heavy (non-hydrogen) atoms. The van der Waals surface area contributed by atoms with E-state index in [0.29, 0.717) is 5.56 Å². The van der Waals surface area contributed by atoms with E-state index in [9.17, 15) is 9.90 Å². The summed E-state index contributed by atoms with van der Waals surface area (Å²) in [7, 11) is 1.62. The monoisotopic (exact) mass is 236 g/mol. The Morgan fingerprint density at radius 1 is 1.24 bits per heavy atom. The molecule has 0 amide bonds. The summed E-state index contributed by atoms with van der Waals surface area (Å²) in [5.41, 5.74) is 1.93. The van der Waals surface area contributed by atoms with Crippen LogP contribution >= 0.6 is 0 Å². The fraction of sp³-hybridized carbons (Fsp3) is 0.500. The van der Waals surface area contributed by atoms with Crippen molar-refractivity contribution in [1.29, 1.82) is 0 Å². The van der Waals surface area contributed by atoms with E-state index in [0.717, 1.165) is 22.4 Å². The Bertz CT molecular complexity index is 454. The van der Waals surface area contributed by atoms with Crippen LogP contribution in [0.2, 0.25) is 0 Å². The lowest BCUT2D eigenvalue weighted by atomic mass is 9.89. The van der Waals surface area contributed by atoms with Crippen LogP contribution in [0.4, 0.5) is 0 Å². The fourth-order valence-electron chi connectivity index (χ4n) is 1.94. The van der Waals surface area contributed by atoms with Crippen LogP contribution < -0.4 is 4.74 Å². The highest BCUT2D eigenvalue weighted by Crippen LogP contribution is 2.30. The first-order valence-electron chi connectivity index (χ1n) is 5.62. The van der Waals surface area contributed by atoms with Gasteiger partial charge in [0.2, 0.25) is 0 Å². The highest BCUT2D eigenvalue weighted by atomic mass is 16.5. The Labute approximate surface area is 102 Å². The van der Waals surface area contributed by atoms with Gasteiger partial charge in [-0.1, -0.05) is 0 Å². The molecule has 0 aromatic heterocycles. The predicted octanol–water partition coefficient (Wildman–Crippen LogP) is 2.57. The summed E-state index contributed by atoms with van der Waals surface area (Å²) < 4.78 is 5.30. The van der Waals surface area contributed by atoms with Gasteiger partial charge < -0.3 is 9.84 Å².